The van der Waals surface area contributed by atoms with Crippen LogP contribution in [-0.2, 0) is 24.2 Å². The number of carboxylic acid groups (broad SMARTS) is 1. The molecule has 31 heavy (non-hydrogen) atoms. The summed E-state index contributed by atoms with van der Waals surface area (Å²) < 4.78 is 6.97. The van der Waals surface area contributed by atoms with Crippen LogP contribution in [0, 0.1) is 0 Å². The average molecular weight is 422 g/mol. The van der Waals surface area contributed by atoms with Crippen molar-refractivity contribution in [2.75, 3.05) is 19.0 Å². The summed E-state index contributed by atoms with van der Waals surface area (Å²) in [7, 11) is 1.55. The lowest BCUT2D eigenvalue weighted by Gasteiger charge is -2.17. The average Bonchev–Trinajstić information content (AvgIpc) is 3.26. The minimum absolute atomic E-state index is 0.0221. The van der Waals surface area contributed by atoms with Gasteiger partial charge < -0.3 is 15.2 Å². The number of fused-ring (bicyclic) bond motifs is 1. The Morgan fingerprint density at radius 2 is 2.16 bits per heavy atom. The molecule has 8 nitrogen and oxygen atoms in total. The van der Waals surface area contributed by atoms with Gasteiger partial charge in [-0.3, -0.25) is 9.48 Å². The number of rotatable bonds is 9. The molecule has 3 aromatic heterocycles. The molecule has 0 aromatic carbocycles. The molecule has 4 rings (SSSR count). The highest BCUT2D eigenvalue weighted by Crippen LogP contribution is 2.28. The molecule has 0 aliphatic carbocycles. The predicted molar refractivity (Wildman–Crippen MR) is 116 cm³/mol. The monoisotopic (exact) mass is 421 g/mol. The van der Waals surface area contributed by atoms with E-state index in [4.69, 9.17) is 9.72 Å². The van der Waals surface area contributed by atoms with Crippen LogP contribution in [0.4, 0.5) is 5.82 Å². The van der Waals surface area contributed by atoms with Crippen LogP contribution in [0.25, 0.3) is 0 Å². The fraction of sp³-hybridized carbons (Fsp3) is 0.391. The van der Waals surface area contributed by atoms with Crippen molar-refractivity contribution in [2.24, 2.45) is 0 Å². The van der Waals surface area contributed by atoms with Crippen molar-refractivity contribution in [3.8, 4) is 5.88 Å². The normalized spacial score (nSPS) is 13.8. The molecule has 0 radical (unpaired) electrons. The highest BCUT2D eigenvalue weighted by Gasteiger charge is 2.20. The lowest BCUT2D eigenvalue weighted by Crippen LogP contribution is -2.14. The number of methoxy groups -OCH3 is 1. The molecule has 1 atom stereocenters. The van der Waals surface area contributed by atoms with Gasteiger partial charge in [-0.05, 0) is 48.4 Å². The number of aromatic nitrogens is 4. The van der Waals surface area contributed by atoms with Crippen molar-refractivity contribution in [3.05, 3.63) is 65.2 Å². The van der Waals surface area contributed by atoms with E-state index in [1.165, 1.54) is 5.56 Å². The van der Waals surface area contributed by atoms with Crippen molar-refractivity contribution in [1.29, 1.82) is 0 Å². The number of nitrogens with one attached hydrogen (secondary N) is 1. The topological polar surface area (TPSA) is 102 Å². The number of nitrogens with zero attached hydrogens (tertiary/aromatic N) is 4. The third-order valence-electron chi connectivity index (χ3n) is 5.58. The molecular weight excluding hydrogens is 394 g/mol. The van der Waals surface area contributed by atoms with Gasteiger partial charge in [0.15, 0.2) is 0 Å². The second-order valence-corrected chi connectivity index (χ2v) is 7.77. The number of hydrogen-bond acceptors (Lipinski definition) is 6. The van der Waals surface area contributed by atoms with Crippen LogP contribution in [0.1, 0.15) is 47.6 Å². The van der Waals surface area contributed by atoms with Gasteiger partial charge in [-0.15, -0.1) is 0 Å². The molecule has 0 saturated heterocycles. The van der Waals surface area contributed by atoms with Gasteiger partial charge in [0.1, 0.15) is 5.82 Å². The Morgan fingerprint density at radius 3 is 2.94 bits per heavy atom. The van der Waals surface area contributed by atoms with Crippen LogP contribution < -0.4 is 10.1 Å². The van der Waals surface area contributed by atoms with E-state index in [2.05, 4.69) is 27.5 Å². The summed E-state index contributed by atoms with van der Waals surface area (Å²) in [4.78, 5) is 20.4. The fourth-order valence-corrected chi connectivity index (χ4v) is 3.93. The van der Waals surface area contributed by atoms with Crippen LogP contribution in [0.2, 0.25) is 0 Å². The first-order chi connectivity index (χ1) is 15.1. The first-order valence-corrected chi connectivity index (χ1v) is 10.6. The number of carboxylic acids is 1. The molecule has 162 valence electrons. The van der Waals surface area contributed by atoms with E-state index < -0.39 is 5.97 Å². The quantitative estimate of drug-likeness (QED) is 0.547. The van der Waals surface area contributed by atoms with Crippen molar-refractivity contribution in [2.45, 2.75) is 44.6 Å². The maximum atomic E-state index is 11.4. The fourth-order valence-electron chi connectivity index (χ4n) is 3.93. The molecule has 3 aromatic rings. The Hall–Kier alpha value is -3.42. The van der Waals surface area contributed by atoms with E-state index in [0.717, 1.165) is 61.4 Å². The van der Waals surface area contributed by atoms with Crippen LogP contribution in [0.3, 0.4) is 0 Å². The third kappa shape index (κ3) is 5.20. The lowest BCUT2D eigenvalue weighted by atomic mass is 9.92. The summed E-state index contributed by atoms with van der Waals surface area (Å²) in [5.41, 5.74) is 4.07. The van der Waals surface area contributed by atoms with Crippen molar-refractivity contribution >= 4 is 11.8 Å². The van der Waals surface area contributed by atoms with Gasteiger partial charge in [-0.25, -0.2) is 9.97 Å². The SMILES string of the molecule is COc1ccc([C@H](CC(=O)O)c2cnn(CCCc3ccc4c(n3)NCCC4)c2)cn1. The second kappa shape index (κ2) is 9.59. The number of aliphatic carboxylic acids is 1. The predicted octanol–water partition coefficient (Wildman–Crippen LogP) is 3.28. The first kappa shape index (κ1) is 20.8. The molecule has 8 heteroatoms. The summed E-state index contributed by atoms with van der Waals surface area (Å²) in [6.45, 7) is 1.73. The molecule has 1 aliphatic heterocycles. The van der Waals surface area contributed by atoms with Gasteiger partial charge in [0, 0.05) is 43.2 Å². The molecular formula is C23H27N5O3. The maximum Gasteiger partial charge on any atom is 0.304 e. The summed E-state index contributed by atoms with van der Waals surface area (Å²) >= 11 is 0. The Balaban J connectivity index is 1.40. The smallest absolute Gasteiger partial charge is 0.304 e. The first-order valence-electron chi connectivity index (χ1n) is 10.6. The summed E-state index contributed by atoms with van der Waals surface area (Å²) in [5.74, 6) is 0.355. The van der Waals surface area contributed by atoms with Crippen LogP contribution in [-0.4, -0.2) is 44.5 Å². The van der Waals surface area contributed by atoms with Crippen molar-refractivity contribution in [3.63, 3.8) is 0 Å². The summed E-state index contributed by atoms with van der Waals surface area (Å²) in [5, 5.41) is 17.2. The molecule has 0 spiro atoms. The Morgan fingerprint density at radius 1 is 1.26 bits per heavy atom. The number of pyridine rings is 2. The lowest BCUT2D eigenvalue weighted by molar-refractivity contribution is -0.137. The molecule has 0 unspecified atom stereocenters. The van der Waals surface area contributed by atoms with Crippen molar-refractivity contribution < 1.29 is 14.6 Å². The van der Waals surface area contributed by atoms with Gasteiger partial charge >= 0.3 is 5.97 Å². The zero-order chi connectivity index (χ0) is 21.6. The van der Waals surface area contributed by atoms with Gasteiger partial charge in [0.25, 0.3) is 0 Å². The number of anilines is 1. The Kier molecular flexibility index (Phi) is 6.45. The highest BCUT2D eigenvalue weighted by molar-refractivity contribution is 5.69. The number of aryl methyl sites for hydroxylation is 3. The van der Waals surface area contributed by atoms with Crippen molar-refractivity contribution in [1.82, 2.24) is 19.7 Å². The van der Waals surface area contributed by atoms with E-state index >= 15 is 0 Å². The standard InChI is InChI=1S/C23H27N5O3/c1-31-21-9-7-17(13-25-21)20(12-22(29)30)18-14-26-28(15-18)11-3-5-19-8-6-16-4-2-10-24-23(16)27-19/h6-9,13-15,20H,2-5,10-12H2,1H3,(H,24,27)(H,29,30)/t20-/m0/s1. The number of carbonyl (C=O) groups is 1. The zero-order valence-corrected chi connectivity index (χ0v) is 17.6. The minimum Gasteiger partial charge on any atom is -0.481 e. The molecule has 0 amide bonds. The van der Waals surface area contributed by atoms with Crippen LogP contribution in [0.15, 0.2) is 42.9 Å². The van der Waals surface area contributed by atoms with Crippen LogP contribution >= 0.6 is 0 Å². The summed E-state index contributed by atoms with van der Waals surface area (Å²) in [6, 6.07) is 7.89. The highest BCUT2D eigenvalue weighted by atomic mass is 16.5. The largest absolute Gasteiger partial charge is 0.481 e. The van der Waals surface area contributed by atoms with E-state index in [1.807, 2.05) is 16.9 Å². The molecule has 1 aliphatic rings. The molecule has 0 saturated carbocycles. The zero-order valence-electron chi connectivity index (χ0n) is 17.6. The van der Waals surface area contributed by atoms with Crippen LogP contribution in [0.5, 0.6) is 5.88 Å². The molecule has 0 bridgehead atoms. The number of ether oxygens (including phenoxy) is 1. The molecule has 2 N–H and O–H groups in total. The number of hydrogen-bond donors (Lipinski definition) is 2. The Bertz CT molecular complexity index is 1030. The van der Waals surface area contributed by atoms with E-state index in [1.54, 1.807) is 25.6 Å². The van der Waals surface area contributed by atoms with Gasteiger partial charge in [-0.2, -0.15) is 5.10 Å². The van der Waals surface area contributed by atoms with E-state index in [9.17, 15) is 9.90 Å². The van der Waals surface area contributed by atoms with E-state index in [0.29, 0.717) is 5.88 Å². The molecule has 0 fully saturated rings. The van der Waals surface area contributed by atoms with Gasteiger partial charge in [0.05, 0.1) is 19.7 Å². The summed E-state index contributed by atoms with van der Waals surface area (Å²) in [6.07, 6.45) is 9.34. The third-order valence-corrected chi connectivity index (χ3v) is 5.58. The Labute approximate surface area is 181 Å². The molecule has 4 heterocycles. The van der Waals surface area contributed by atoms with Gasteiger partial charge in [0.2, 0.25) is 5.88 Å². The second-order valence-electron chi connectivity index (χ2n) is 7.77. The maximum absolute atomic E-state index is 11.4. The minimum atomic E-state index is -0.860. The van der Waals surface area contributed by atoms with E-state index in [-0.39, 0.29) is 12.3 Å². The van der Waals surface area contributed by atoms with Gasteiger partial charge in [-0.1, -0.05) is 12.1 Å².